The van der Waals surface area contributed by atoms with Gasteiger partial charge in [0.05, 0.1) is 23.5 Å². The molecule has 0 bridgehead atoms. The van der Waals surface area contributed by atoms with Gasteiger partial charge in [-0.3, -0.25) is 4.68 Å². The molecule has 0 aromatic carbocycles. The molecular weight excluding hydrogens is 314 g/mol. The Labute approximate surface area is 124 Å². The molecule has 0 aliphatic heterocycles. The molecule has 0 amide bonds. The number of alkyl halides is 1. The molecule has 3 nitrogen and oxygen atoms in total. The molecule has 0 saturated heterocycles. The summed E-state index contributed by atoms with van der Waals surface area (Å²) in [6.07, 6.45) is 2.79. The molecule has 0 aliphatic carbocycles. The van der Waals surface area contributed by atoms with Gasteiger partial charge in [-0.25, -0.2) is 0 Å². The summed E-state index contributed by atoms with van der Waals surface area (Å²) in [5.41, 5.74) is 1.15. The molecule has 0 N–H and O–H groups in total. The Kier molecular flexibility index (Phi) is 5.68. The van der Waals surface area contributed by atoms with Crippen molar-refractivity contribution in [3.63, 3.8) is 0 Å². The summed E-state index contributed by atoms with van der Waals surface area (Å²) in [5, 5.41) is 5.17. The van der Waals surface area contributed by atoms with Crippen LogP contribution in [0.3, 0.4) is 0 Å². The first-order chi connectivity index (χ1) is 8.24. The van der Waals surface area contributed by atoms with Crippen LogP contribution in [0, 0.1) is 0 Å². The number of likely N-dealkylation sites (N-methyl/N-ethyl adjacent to an activating group) is 1. The molecule has 0 fully saturated rings. The van der Waals surface area contributed by atoms with Crippen LogP contribution < -0.4 is 0 Å². The van der Waals surface area contributed by atoms with Crippen LogP contribution in [0.2, 0.25) is 5.02 Å². The SMILES string of the molecule is CC(Br)CC(C)(C)c1c(Cl)cnn1CCN(C)C. The Balaban J connectivity index is 2.95. The molecule has 1 aromatic rings. The van der Waals surface area contributed by atoms with Crippen molar-refractivity contribution >= 4 is 27.5 Å². The van der Waals surface area contributed by atoms with E-state index < -0.39 is 0 Å². The lowest BCUT2D eigenvalue weighted by atomic mass is 9.84. The van der Waals surface area contributed by atoms with Crippen LogP contribution in [0.15, 0.2) is 6.20 Å². The summed E-state index contributed by atoms with van der Waals surface area (Å²) in [6, 6.07) is 0. The fraction of sp³-hybridized carbons (Fsp3) is 0.769. The van der Waals surface area contributed by atoms with Crippen LogP contribution in [-0.4, -0.2) is 40.1 Å². The van der Waals surface area contributed by atoms with Crippen LogP contribution >= 0.6 is 27.5 Å². The van der Waals surface area contributed by atoms with Gasteiger partial charge >= 0.3 is 0 Å². The van der Waals surface area contributed by atoms with Crippen molar-refractivity contribution in [2.24, 2.45) is 0 Å². The van der Waals surface area contributed by atoms with Gasteiger partial charge in [-0.05, 0) is 20.5 Å². The fourth-order valence-corrected chi connectivity index (χ4v) is 3.51. The van der Waals surface area contributed by atoms with Crippen molar-refractivity contribution < 1.29 is 0 Å². The highest BCUT2D eigenvalue weighted by Crippen LogP contribution is 2.34. The van der Waals surface area contributed by atoms with Gasteiger partial charge in [-0.15, -0.1) is 0 Å². The lowest BCUT2D eigenvalue weighted by molar-refractivity contribution is 0.352. The second kappa shape index (κ2) is 6.40. The van der Waals surface area contributed by atoms with E-state index in [-0.39, 0.29) is 5.41 Å². The maximum atomic E-state index is 6.32. The zero-order chi connectivity index (χ0) is 13.9. The maximum absolute atomic E-state index is 6.32. The molecule has 0 aliphatic rings. The Morgan fingerprint density at radius 2 is 2.11 bits per heavy atom. The summed E-state index contributed by atoms with van der Waals surface area (Å²) >= 11 is 9.94. The predicted molar refractivity (Wildman–Crippen MR) is 81.8 cm³/mol. The maximum Gasteiger partial charge on any atom is 0.0823 e. The normalized spacial score (nSPS) is 14.2. The molecule has 1 heterocycles. The zero-order valence-corrected chi connectivity index (χ0v) is 14.2. The summed E-state index contributed by atoms with van der Waals surface area (Å²) < 4.78 is 2.04. The third-order valence-corrected chi connectivity index (χ3v) is 3.59. The van der Waals surface area contributed by atoms with Gasteiger partial charge in [-0.2, -0.15) is 5.10 Å². The zero-order valence-electron chi connectivity index (χ0n) is 11.9. The Bertz CT molecular complexity index is 386. The quantitative estimate of drug-likeness (QED) is 0.741. The Morgan fingerprint density at radius 1 is 1.50 bits per heavy atom. The van der Waals surface area contributed by atoms with E-state index in [1.807, 2.05) is 4.68 Å². The first-order valence-electron chi connectivity index (χ1n) is 6.24. The average Bonchev–Trinajstić information content (AvgIpc) is 2.55. The summed E-state index contributed by atoms with van der Waals surface area (Å²) in [6.45, 7) is 8.44. The Hall–Kier alpha value is -0.0600. The van der Waals surface area contributed by atoms with Crippen molar-refractivity contribution in [2.45, 2.75) is 44.0 Å². The average molecular weight is 337 g/mol. The molecule has 1 aromatic heterocycles. The van der Waals surface area contributed by atoms with Gasteiger partial charge < -0.3 is 4.90 Å². The monoisotopic (exact) mass is 335 g/mol. The summed E-state index contributed by atoms with van der Waals surface area (Å²) in [5.74, 6) is 0. The van der Waals surface area contributed by atoms with Gasteiger partial charge in [0.1, 0.15) is 0 Å². The second-order valence-electron chi connectivity index (χ2n) is 5.74. The number of rotatable bonds is 6. The van der Waals surface area contributed by atoms with Gasteiger partial charge in [0.2, 0.25) is 0 Å². The van der Waals surface area contributed by atoms with E-state index in [0.717, 1.165) is 30.2 Å². The molecular formula is C13H23BrClN3. The van der Waals surface area contributed by atoms with E-state index in [2.05, 4.69) is 60.8 Å². The van der Waals surface area contributed by atoms with Crippen LogP contribution in [-0.2, 0) is 12.0 Å². The van der Waals surface area contributed by atoms with Crippen molar-refractivity contribution in [2.75, 3.05) is 20.6 Å². The van der Waals surface area contributed by atoms with Crippen molar-refractivity contribution in [1.29, 1.82) is 0 Å². The Morgan fingerprint density at radius 3 is 2.61 bits per heavy atom. The minimum atomic E-state index is 0.0167. The number of halogens is 2. The van der Waals surface area contributed by atoms with E-state index in [9.17, 15) is 0 Å². The van der Waals surface area contributed by atoms with E-state index in [4.69, 9.17) is 11.6 Å². The van der Waals surface area contributed by atoms with Crippen LogP contribution in [0.25, 0.3) is 0 Å². The molecule has 18 heavy (non-hydrogen) atoms. The highest BCUT2D eigenvalue weighted by atomic mass is 79.9. The lowest BCUT2D eigenvalue weighted by Crippen LogP contribution is -2.28. The number of hydrogen-bond donors (Lipinski definition) is 0. The van der Waals surface area contributed by atoms with Crippen molar-refractivity contribution in [3.05, 3.63) is 16.9 Å². The van der Waals surface area contributed by atoms with E-state index in [0.29, 0.717) is 4.83 Å². The highest BCUT2D eigenvalue weighted by Gasteiger charge is 2.29. The van der Waals surface area contributed by atoms with E-state index in [1.54, 1.807) is 6.20 Å². The van der Waals surface area contributed by atoms with Gasteiger partial charge in [0, 0.05) is 16.8 Å². The summed E-state index contributed by atoms with van der Waals surface area (Å²) in [4.78, 5) is 2.61. The van der Waals surface area contributed by atoms with E-state index in [1.165, 1.54) is 0 Å². The number of nitrogens with zero attached hydrogens (tertiary/aromatic N) is 3. The standard InChI is InChI=1S/C13H23BrClN3/c1-10(14)8-13(2,3)12-11(15)9-16-18(12)7-6-17(4)5/h9-10H,6-8H2,1-5H3. The van der Waals surface area contributed by atoms with Crippen molar-refractivity contribution in [3.8, 4) is 0 Å². The van der Waals surface area contributed by atoms with Gasteiger partial charge in [0.25, 0.3) is 0 Å². The van der Waals surface area contributed by atoms with E-state index >= 15 is 0 Å². The summed E-state index contributed by atoms with van der Waals surface area (Å²) in [7, 11) is 4.13. The first kappa shape index (κ1) is 16.0. The van der Waals surface area contributed by atoms with Crippen LogP contribution in [0.1, 0.15) is 32.9 Å². The number of hydrogen-bond acceptors (Lipinski definition) is 2. The molecule has 5 heteroatoms. The molecule has 1 rings (SSSR count). The van der Waals surface area contributed by atoms with Gasteiger partial charge in [0.15, 0.2) is 0 Å². The highest BCUT2D eigenvalue weighted by molar-refractivity contribution is 9.09. The molecule has 0 radical (unpaired) electrons. The second-order valence-corrected chi connectivity index (χ2v) is 7.71. The molecule has 104 valence electrons. The van der Waals surface area contributed by atoms with Crippen LogP contribution in [0.5, 0.6) is 0 Å². The third kappa shape index (κ3) is 4.25. The smallest absolute Gasteiger partial charge is 0.0823 e. The minimum absolute atomic E-state index is 0.0167. The predicted octanol–water partition coefficient (Wildman–Crippen LogP) is 3.55. The first-order valence-corrected chi connectivity index (χ1v) is 7.54. The third-order valence-electron chi connectivity index (χ3n) is 2.99. The van der Waals surface area contributed by atoms with Gasteiger partial charge in [-0.1, -0.05) is 48.3 Å². The fourth-order valence-electron chi connectivity index (χ4n) is 2.30. The van der Waals surface area contributed by atoms with Crippen LogP contribution in [0.4, 0.5) is 0 Å². The topological polar surface area (TPSA) is 21.1 Å². The molecule has 0 saturated carbocycles. The molecule has 1 atom stereocenters. The van der Waals surface area contributed by atoms with Crippen molar-refractivity contribution in [1.82, 2.24) is 14.7 Å². The minimum Gasteiger partial charge on any atom is -0.308 e. The lowest BCUT2D eigenvalue weighted by Gasteiger charge is -2.28. The molecule has 0 spiro atoms. The molecule has 1 unspecified atom stereocenters. The largest absolute Gasteiger partial charge is 0.308 e. The number of aromatic nitrogens is 2.